The minimum Gasteiger partial charge on any atom is -0.300 e. The second-order valence-corrected chi connectivity index (χ2v) is 12.5. The smallest absolute Gasteiger partial charge is 0.129 e. The Hall–Kier alpha value is -2.37. The average Bonchev–Trinajstić information content (AvgIpc) is 3.20. The van der Waals surface area contributed by atoms with Crippen LogP contribution in [0.2, 0.25) is 0 Å². The molecule has 0 saturated carbocycles. The SMILES string of the molecule is C=C=C(C(=C)CCCCCC(C)=O)C1=CC=C(Cc2cc3c(cc2C)C(C)(C)CCC3(C)C)C1CC. The monoisotopic (exact) mass is 484 g/mol. The summed E-state index contributed by atoms with van der Waals surface area (Å²) in [5, 5.41) is 0. The van der Waals surface area contributed by atoms with E-state index in [2.05, 4.69) is 84.7 Å². The molecule has 1 unspecified atom stereocenters. The first-order valence-corrected chi connectivity index (χ1v) is 14.0. The molecule has 0 amide bonds. The number of rotatable bonds is 11. The molecule has 0 saturated heterocycles. The number of ketones is 1. The Labute approximate surface area is 221 Å². The second-order valence-electron chi connectivity index (χ2n) is 12.5. The molecule has 1 aromatic carbocycles. The zero-order valence-electron chi connectivity index (χ0n) is 24.1. The first kappa shape index (κ1) is 28.2. The van der Waals surface area contributed by atoms with Gasteiger partial charge in [-0.2, -0.15) is 0 Å². The number of carbonyl (C=O) groups is 1. The molecule has 0 aliphatic heterocycles. The molecule has 0 radical (unpaired) electrons. The normalized spacial score (nSPS) is 19.7. The van der Waals surface area contributed by atoms with Crippen molar-refractivity contribution < 1.29 is 4.79 Å². The predicted octanol–water partition coefficient (Wildman–Crippen LogP) is 9.59. The molecule has 0 aromatic heterocycles. The highest BCUT2D eigenvalue weighted by molar-refractivity contribution is 5.75. The maximum absolute atomic E-state index is 11.2. The van der Waals surface area contributed by atoms with E-state index in [0.29, 0.717) is 12.3 Å². The lowest BCUT2D eigenvalue weighted by Crippen LogP contribution is -2.34. The fourth-order valence-corrected chi connectivity index (χ4v) is 6.17. The van der Waals surface area contributed by atoms with Gasteiger partial charge in [-0.15, -0.1) is 5.73 Å². The molecule has 1 aromatic rings. The summed E-state index contributed by atoms with van der Waals surface area (Å²) in [6, 6.07) is 5.01. The van der Waals surface area contributed by atoms with Crippen LogP contribution >= 0.6 is 0 Å². The van der Waals surface area contributed by atoms with Crippen LogP contribution in [-0.4, -0.2) is 5.78 Å². The molecular formula is C35H48O. The van der Waals surface area contributed by atoms with Gasteiger partial charge in [0.1, 0.15) is 5.78 Å². The van der Waals surface area contributed by atoms with Gasteiger partial charge in [-0.1, -0.05) is 84.1 Å². The Morgan fingerprint density at radius 3 is 2.19 bits per heavy atom. The topological polar surface area (TPSA) is 17.1 Å². The number of aryl methyl sites for hydroxylation is 1. The van der Waals surface area contributed by atoms with E-state index in [1.165, 1.54) is 35.1 Å². The Morgan fingerprint density at radius 1 is 1.00 bits per heavy atom. The van der Waals surface area contributed by atoms with Crippen molar-refractivity contribution in [1.82, 2.24) is 0 Å². The number of hydrogen-bond donors (Lipinski definition) is 0. The molecule has 3 rings (SSSR count). The number of carbonyl (C=O) groups excluding carboxylic acids is 1. The van der Waals surface area contributed by atoms with E-state index in [4.69, 9.17) is 0 Å². The second kappa shape index (κ2) is 11.4. The number of unbranched alkanes of at least 4 members (excludes halogenated alkanes) is 2. The lowest BCUT2D eigenvalue weighted by atomic mass is 9.62. The van der Waals surface area contributed by atoms with Crippen LogP contribution in [0.25, 0.3) is 0 Å². The Balaban J connectivity index is 1.75. The lowest BCUT2D eigenvalue weighted by molar-refractivity contribution is -0.117. The van der Waals surface area contributed by atoms with Gasteiger partial charge in [0.15, 0.2) is 0 Å². The van der Waals surface area contributed by atoms with Crippen molar-refractivity contribution in [3.05, 3.63) is 87.7 Å². The van der Waals surface area contributed by atoms with Gasteiger partial charge in [-0.05, 0) is 103 Å². The third-order valence-electron chi connectivity index (χ3n) is 8.74. The van der Waals surface area contributed by atoms with Gasteiger partial charge in [-0.25, -0.2) is 0 Å². The first-order chi connectivity index (χ1) is 16.9. The van der Waals surface area contributed by atoms with Crippen molar-refractivity contribution >= 4 is 5.78 Å². The number of Topliss-reactive ketones (excluding diaryl/α,β-unsaturated/α-hetero) is 1. The largest absolute Gasteiger partial charge is 0.300 e. The first-order valence-electron chi connectivity index (χ1n) is 14.0. The van der Waals surface area contributed by atoms with E-state index in [1.807, 2.05) is 0 Å². The molecule has 194 valence electrons. The number of allylic oxidation sites excluding steroid dienone is 6. The average molecular weight is 485 g/mol. The zero-order chi connectivity index (χ0) is 26.7. The third-order valence-corrected chi connectivity index (χ3v) is 8.74. The van der Waals surface area contributed by atoms with Gasteiger partial charge in [0.05, 0.1) is 0 Å². The highest BCUT2D eigenvalue weighted by Crippen LogP contribution is 2.47. The van der Waals surface area contributed by atoms with Crippen LogP contribution in [0.3, 0.4) is 0 Å². The van der Waals surface area contributed by atoms with E-state index >= 15 is 0 Å². The molecule has 0 heterocycles. The molecule has 0 N–H and O–H groups in total. The summed E-state index contributed by atoms with van der Waals surface area (Å²) >= 11 is 0. The number of hydrogen-bond acceptors (Lipinski definition) is 1. The fourth-order valence-electron chi connectivity index (χ4n) is 6.17. The van der Waals surface area contributed by atoms with E-state index < -0.39 is 0 Å². The summed E-state index contributed by atoms with van der Waals surface area (Å²) in [5.74, 6) is 0.672. The Morgan fingerprint density at radius 2 is 1.61 bits per heavy atom. The molecule has 1 atom stereocenters. The van der Waals surface area contributed by atoms with Crippen LogP contribution in [0, 0.1) is 12.8 Å². The minimum atomic E-state index is 0.228. The molecule has 0 bridgehead atoms. The molecular weight excluding hydrogens is 436 g/mol. The molecule has 1 heteroatoms. The van der Waals surface area contributed by atoms with Crippen LogP contribution in [0.4, 0.5) is 0 Å². The molecule has 2 aliphatic rings. The standard InChI is InChI=1S/C35H48O/c1-10-29(24(3)15-13-12-14-16-26(5)36)31-18-17-27(30(31)11-2)22-28-23-33-32(21-25(28)4)34(6,7)19-20-35(33,8)9/h17-18,21,23,30H,1,3,11-16,19-20,22H2,2,4-9H3. The molecule has 2 aliphatic carbocycles. The van der Waals surface area contributed by atoms with E-state index in [9.17, 15) is 4.79 Å². The van der Waals surface area contributed by atoms with E-state index in [-0.39, 0.29) is 16.6 Å². The quantitative estimate of drug-likeness (QED) is 0.174. The van der Waals surface area contributed by atoms with Crippen molar-refractivity contribution in [3.8, 4) is 0 Å². The molecule has 1 nitrogen and oxygen atoms in total. The third kappa shape index (κ3) is 6.12. The van der Waals surface area contributed by atoms with Gasteiger partial charge >= 0.3 is 0 Å². The number of benzene rings is 1. The van der Waals surface area contributed by atoms with Crippen molar-refractivity contribution in [2.45, 2.75) is 117 Å². The van der Waals surface area contributed by atoms with Crippen molar-refractivity contribution in [3.63, 3.8) is 0 Å². The summed E-state index contributed by atoms with van der Waals surface area (Å²) < 4.78 is 0. The predicted molar refractivity (Wildman–Crippen MR) is 156 cm³/mol. The maximum Gasteiger partial charge on any atom is 0.129 e. The van der Waals surface area contributed by atoms with Crippen molar-refractivity contribution in [2.75, 3.05) is 0 Å². The maximum atomic E-state index is 11.2. The summed E-state index contributed by atoms with van der Waals surface area (Å²) in [5.41, 5.74) is 14.7. The van der Waals surface area contributed by atoms with Gasteiger partial charge in [0.2, 0.25) is 0 Å². The Bertz CT molecular complexity index is 1130. The molecule has 0 spiro atoms. The van der Waals surface area contributed by atoms with Crippen molar-refractivity contribution in [2.24, 2.45) is 5.92 Å². The van der Waals surface area contributed by atoms with E-state index in [1.54, 1.807) is 18.1 Å². The molecule has 0 fully saturated rings. The molecule has 36 heavy (non-hydrogen) atoms. The van der Waals surface area contributed by atoms with Crippen LogP contribution in [0.5, 0.6) is 0 Å². The summed E-state index contributed by atoms with van der Waals surface area (Å²) in [6.45, 7) is 24.3. The highest BCUT2D eigenvalue weighted by Gasteiger charge is 2.37. The summed E-state index contributed by atoms with van der Waals surface area (Å²) in [7, 11) is 0. The van der Waals surface area contributed by atoms with Crippen molar-refractivity contribution in [1.29, 1.82) is 0 Å². The highest BCUT2D eigenvalue weighted by atomic mass is 16.1. The fraction of sp³-hybridized carbons (Fsp3) is 0.543. The summed E-state index contributed by atoms with van der Waals surface area (Å²) in [6.07, 6.45) is 13.9. The van der Waals surface area contributed by atoms with E-state index in [0.717, 1.165) is 49.7 Å². The van der Waals surface area contributed by atoms with Crippen LogP contribution < -0.4 is 0 Å². The van der Waals surface area contributed by atoms with Gasteiger partial charge < -0.3 is 4.79 Å². The number of fused-ring (bicyclic) bond motifs is 1. The van der Waals surface area contributed by atoms with Gasteiger partial charge in [-0.3, -0.25) is 0 Å². The zero-order valence-corrected chi connectivity index (χ0v) is 24.1. The van der Waals surface area contributed by atoms with Crippen LogP contribution in [0.15, 0.2) is 65.5 Å². The van der Waals surface area contributed by atoms with Gasteiger partial charge in [0, 0.05) is 17.9 Å². The summed E-state index contributed by atoms with van der Waals surface area (Å²) in [4.78, 5) is 11.2. The van der Waals surface area contributed by atoms with Gasteiger partial charge in [0.25, 0.3) is 0 Å². The minimum absolute atomic E-state index is 0.228. The lowest BCUT2D eigenvalue weighted by Gasteiger charge is -2.42. The van der Waals surface area contributed by atoms with Crippen LogP contribution in [-0.2, 0) is 22.0 Å². The Kier molecular flexibility index (Phi) is 8.89. The van der Waals surface area contributed by atoms with Crippen LogP contribution in [0.1, 0.15) is 115 Å².